The largest absolute Gasteiger partial charge is 0.475 e. The van der Waals surface area contributed by atoms with Crippen molar-refractivity contribution in [3.8, 4) is 5.88 Å². The molecule has 0 atom stereocenters. The van der Waals surface area contributed by atoms with Crippen molar-refractivity contribution in [2.45, 2.75) is 26.0 Å². The Morgan fingerprint density at radius 2 is 2.00 bits per heavy atom. The Balaban J connectivity index is 0.00000529. The third kappa shape index (κ3) is 8.65. The van der Waals surface area contributed by atoms with Gasteiger partial charge in [0.1, 0.15) is 6.61 Å². The van der Waals surface area contributed by atoms with Crippen LogP contribution in [0.3, 0.4) is 0 Å². The maximum atomic E-state index is 5.62. The number of ether oxygens (including phenoxy) is 3. The number of hydrogen-bond donors (Lipinski definition) is 2. The van der Waals surface area contributed by atoms with Gasteiger partial charge in [-0.15, -0.1) is 24.0 Å². The lowest BCUT2D eigenvalue weighted by Crippen LogP contribution is -2.45. The monoisotopic (exact) mass is 452 g/mol. The fraction of sp³-hybridized carbons (Fsp3) is 0.625. The summed E-state index contributed by atoms with van der Waals surface area (Å²) in [6.45, 7) is 6.22. The summed E-state index contributed by atoms with van der Waals surface area (Å²) in [5.74, 6) is 1.30. The lowest BCUT2D eigenvalue weighted by Gasteiger charge is -2.24. The van der Waals surface area contributed by atoms with Crippen LogP contribution in [0.15, 0.2) is 23.3 Å². The second-order valence-corrected chi connectivity index (χ2v) is 5.55. The highest BCUT2D eigenvalue weighted by atomic mass is 127. The van der Waals surface area contributed by atoms with Crippen molar-refractivity contribution < 1.29 is 14.2 Å². The summed E-state index contributed by atoms with van der Waals surface area (Å²) < 4.78 is 16.0. The minimum absolute atomic E-state index is 0. The molecule has 7 nitrogen and oxygen atoms in total. The van der Waals surface area contributed by atoms with Crippen molar-refractivity contribution in [1.29, 1.82) is 0 Å². The van der Waals surface area contributed by atoms with E-state index in [1.807, 2.05) is 26.0 Å². The van der Waals surface area contributed by atoms with Gasteiger partial charge in [-0.25, -0.2) is 4.98 Å². The quantitative estimate of drug-likeness (QED) is 0.258. The van der Waals surface area contributed by atoms with Crippen molar-refractivity contribution >= 4 is 29.9 Å². The highest BCUT2D eigenvalue weighted by Gasteiger charge is 2.16. The van der Waals surface area contributed by atoms with E-state index in [-0.39, 0.29) is 29.6 Å². The van der Waals surface area contributed by atoms with Crippen molar-refractivity contribution in [2.24, 2.45) is 4.99 Å². The molecule has 138 valence electrons. The standard InChI is InChI=1S/C16H28N4O3.HI/c1-16(2,22-5)12-20-15(17-3)19-11-13-7-6-8-18-14(13)23-10-9-21-4;/h6-8H,9-12H2,1-5H3,(H2,17,19,20);1H. The Morgan fingerprint density at radius 3 is 2.62 bits per heavy atom. The van der Waals surface area contributed by atoms with Crippen molar-refractivity contribution in [3.05, 3.63) is 23.9 Å². The number of methoxy groups -OCH3 is 2. The maximum Gasteiger partial charge on any atom is 0.218 e. The van der Waals surface area contributed by atoms with E-state index < -0.39 is 0 Å². The molecule has 8 heteroatoms. The van der Waals surface area contributed by atoms with Crippen LogP contribution in [0.25, 0.3) is 0 Å². The van der Waals surface area contributed by atoms with E-state index >= 15 is 0 Å². The normalized spacial score (nSPS) is 11.6. The topological polar surface area (TPSA) is 77.0 Å². The van der Waals surface area contributed by atoms with Gasteiger partial charge in [0.25, 0.3) is 0 Å². The van der Waals surface area contributed by atoms with Crippen LogP contribution < -0.4 is 15.4 Å². The van der Waals surface area contributed by atoms with E-state index in [1.54, 1.807) is 27.5 Å². The molecule has 0 aliphatic carbocycles. The van der Waals surface area contributed by atoms with Gasteiger partial charge in [0.2, 0.25) is 5.88 Å². The zero-order chi connectivity index (χ0) is 17.1. The molecular weight excluding hydrogens is 423 g/mol. The van der Waals surface area contributed by atoms with E-state index in [4.69, 9.17) is 14.2 Å². The fourth-order valence-electron chi connectivity index (χ4n) is 1.68. The molecule has 1 heterocycles. The molecule has 2 N–H and O–H groups in total. The molecular formula is C16H29IN4O3. The SMILES string of the molecule is CN=C(NCc1cccnc1OCCOC)NCC(C)(C)OC.I. The third-order valence-electron chi connectivity index (χ3n) is 3.28. The Labute approximate surface area is 161 Å². The van der Waals surface area contributed by atoms with Gasteiger partial charge in [-0.1, -0.05) is 6.07 Å². The molecule has 1 rings (SSSR count). The Kier molecular flexibility index (Phi) is 11.7. The predicted molar refractivity (Wildman–Crippen MR) is 106 cm³/mol. The van der Waals surface area contributed by atoms with Gasteiger partial charge >= 0.3 is 0 Å². The van der Waals surface area contributed by atoms with E-state index in [2.05, 4.69) is 20.6 Å². The molecule has 0 radical (unpaired) electrons. The first-order chi connectivity index (χ1) is 11.0. The summed E-state index contributed by atoms with van der Waals surface area (Å²) in [6.07, 6.45) is 1.71. The molecule has 0 saturated heterocycles. The van der Waals surface area contributed by atoms with Crippen LogP contribution in [0.1, 0.15) is 19.4 Å². The van der Waals surface area contributed by atoms with Crippen LogP contribution in [0, 0.1) is 0 Å². The van der Waals surface area contributed by atoms with Crippen molar-refractivity contribution in [2.75, 3.05) is 41.0 Å². The van der Waals surface area contributed by atoms with Gasteiger partial charge < -0.3 is 24.8 Å². The van der Waals surface area contributed by atoms with E-state index in [0.717, 1.165) is 5.56 Å². The summed E-state index contributed by atoms with van der Waals surface area (Å²) in [6, 6.07) is 3.85. The molecule has 0 bridgehead atoms. The van der Waals surface area contributed by atoms with E-state index in [1.165, 1.54) is 0 Å². The summed E-state index contributed by atoms with van der Waals surface area (Å²) >= 11 is 0. The van der Waals surface area contributed by atoms with Gasteiger partial charge in [0.15, 0.2) is 5.96 Å². The maximum absolute atomic E-state index is 5.62. The first kappa shape index (κ1) is 22.9. The predicted octanol–water partition coefficient (Wildman–Crippen LogP) is 1.81. The summed E-state index contributed by atoms with van der Waals surface area (Å²) in [7, 11) is 5.06. The van der Waals surface area contributed by atoms with E-state index in [0.29, 0.717) is 38.1 Å². The number of nitrogens with one attached hydrogen (secondary N) is 2. The lowest BCUT2D eigenvalue weighted by molar-refractivity contribution is 0.0268. The van der Waals surface area contributed by atoms with Crippen LogP contribution in [0.5, 0.6) is 5.88 Å². The number of rotatable bonds is 9. The number of aliphatic imine (C=N–C) groups is 1. The second kappa shape index (κ2) is 12.3. The molecule has 0 spiro atoms. The molecule has 0 aliphatic rings. The van der Waals surface area contributed by atoms with Gasteiger partial charge in [-0.3, -0.25) is 4.99 Å². The highest BCUT2D eigenvalue weighted by molar-refractivity contribution is 14.0. The molecule has 1 aromatic heterocycles. The van der Waals surface area contributed by atoms with Crippen LogP contribution in [0.4, 0.5) is 0 Å². The Morgan fingerprint density at radius 1 is 1.25 bits per heavy atom. The molecule has 0 fully saturated rings. The van der Waals surface area contributed by atoms with Crippen molar-refractivity contribution in [3.63, 3.8) is 0 Å². The van der Waals surface area contributed by atoms with Crippen LogP contribution in [-0.4, -0.2) is 57.6 Å². The number of pyridine rings is 1. The molecule has 0 amide bonds. The van der Waals surface area contributed by atoms with Gasteiger partial charge in [-0.2, -0.15) is 0 Å². The average molecular weight is 452 g/mol. The highest BCUT2D eigenvalue weighted by Crippen LogP contribution is 2.13. The average Bonchev–Trinajstić information content (AvgIpc) is 2.56. The summed E-state index contributed by atoms with van der Waals surface area (Å²) in [5, 5.41) is 6.48. The first-order valence-corrected chi connectivity index (χ1v) is 7.57. The zero-order valence-electron chi connectivity index (χ0n) is 15.1. The minimum atomic E-state index is -0.264. The lowest BCUT2D eigenvalue weighted by atomic mass is 10.1. The van der Waals surface area contributed by atoms with Crippen LogP contribution in [-0.2, 0) is 16.0 Å². The van der Waals surface area contributed by atoms with Crippen LogP contribution >= 0.6 is 24.0 Å². The molecule has 0 unspecified atom stereocenters. The first-order valence-electron chi connectivity index (χ1n) is 7.57. The molecule has 0 aromatic carbocycles. The molecule has 0 saturated carbocycles. The van der Waals surface area contributed by atoms with E-state index in [9.17, 15) is 0 Å². The number of hydrogen-bond acceptors (Lipinski definition) is 5. The van der Waals surface area contributed by atoms with Crippen molar-refractivity contribution in [1.82, 2.24) is 15.6 Å². The molecule has 1 aromatic rings. The van der Waals surface area contributed by atoms with Gasteiger partial charge in [-0.05, 0) is 19.9 Å². The number of aromatic nitrogens is 1. The van der Waals surface area contributed by atoms with Crippen LogP contribution in [0.2, 0.25) is 0 Å². The summed E-state index contributed by atoms with van der Waals surface area (Å²) in [4.78, 5) is 8.46. The molecule has 24 heavy (non-hydrogen) atoms. The Hall–Kier alpha value is -1.13. The van der Waals surface area contributed by atoms with Gasteiger partial charge in [0, 0.05) is 46.1 Å². The number of nitrogens with zero attached hydrogens (tertiary/aromatic N) is 2. The third-order valence-corrected chi connectivity index (χ3v) is 3.28. The summed E-state index contributed by atoms with van der Waals surface area (Å²) in [5.41, 5.74) is 0.693. The smallest absolute Gasteiger partial charge is 0.218 e. The number of guanidine groups is 1. The number of halogens is 1. The van der Waals surface area contributed by atoms with Gasteiger partial charge in [0.05, 0.1) is 12.2 Å². The molecule has 0 aliphatic heterocycles. The fourth-order valence-corrected chi connectivity index (χ4v) is 1.68. The zero-order valence-corrected chi connectivity index (χ0v) is 17.4. The Bertz CT molecular complexity index is 498. The second-order valence-electron chi connectivity index (χ2n) is 5.55. The minimum Gasteiger partial charge on any atom is -0.475 e.